The predicted molar refractivity (Wildman–Crippen MR) is 103 cm³/mol. The van der Waals surface area contributed by atoms with E-state index in [9.17, 15) is 20.1 Å². The Kier molecular flexibility index (Phi) is 10.8. The third kappa shape index (κ3) is 8.85. The van der Waals surface area contributed by atoms with E-state index in [-0.39, 0.29) is 18.3 Å². The van der Waals surface area contributed by atoms with Crippen LogP contribution < -0.4 is 0 Å². The summed E-state index contributed by atoms with van der Waals surface area (Å²) in [7, 11) is 0. The fourth-order valence-electron chi connectivity index (χ4n) is 3.82. The van der Waals surface area contributed by atoms with E-state index in [0.29, 0.717) is 31.6 Å². The molecule has 0 aliphatic heterocycles. The number of rotatable bonds is 13. The van der Waals surface area contributed by atoms with E-state index in [0.717, 1.165) is 32.1 Å². The van der Waals surface area contributed by atoms with Crippen molar-refractivity contribution in [3.8, 4) is 0 Å². The predicted octanol–water partition coefficient (Wildman–Crippen LogP) is 3.49. The average Bonchev–Trinajstić information content (AvgIpc) is 2.82. The molecule has 4 N–H and O–H groups in total. The van der Waals surface area contributed by atoms with Gasteiger partial charge in [0.15, 0.2) is 0 Å². The lowest BCUT2D eigenvalue weighted by Crippen LogP contribution is -2.24. The van der Waals surface area contributed by atoms with Gasteiger partial charge in [-0.3, -0.25) is 4.79 Å². The summed E-state index contributed by atoms with van der Waals surface area (Å²) in [6, 6.07) is 0. The van der Waals surface area contributed by atoms with Crippen molar-refractivity contribution in [2.24, 2.45) is 11.8 Å². The Bertz CT molecular complexity index is 438. The van der Waals surface area contributed by atoms with Gasteiger partial charge in [-0.25, -0.2) is 0 Å². The number of alkyl halides is 1. The topological polar surface area (TPSA) is 98.0 Å². The molecule has 152 valence electrons. The maximum atomic E-state index is 10.5. The molecule has 5 atom stereocenters. The van der Waals surface area contributed by atoms with Crippen LogP contribution in [-0.2, 0) is 4.79 Å². The molecule has 0 saturated heterocycles. The molecule has 1 rings (SSSR count). The Morgan fingerprint density at radius 1 is 1.15 bits per heavy atom. The van der Waals surface area contributed by atoms with Crippen molar-refractivity contribution in [1.82, 2.24) is 0 Å². The van der Waals surface area contributed by atoms with Gasteiger partial charge in [0.2, 0.25) is 0 Å². The van der Waals surface area contributed by atoms with Crippen LogP contribution in [0.2, 0.25) is 0 Å². The summed E-state index contributed by atoms with van der Waals surface area (Å²) in [5.74, 6) is -0.296. The number of hydrogen-bond donors (Lipinski definition) is 4. The third-order valence-electron chi connectivity index (χ3n) is 5.36. The maximum absolute atomic E-state index is 10.5. The Labute approximate surface area is 162 Å². The Balaban J connectivity index is 2.43. The van der Waals surface area contributed by atoms with Crippen molar-refractivity contribution in [3.05, 3.63) is 12.2 Å². The summed E-state index contributed by atoms with van der Waals surface area (Å²) in [4.78, 5) is 10.5. The molecule has 1 saturated carbocycles. The lowest BCUT2D eigenvalue weighted by atomic mass is 9.87. The van der Waals surface area contributed by atoms with Gasteiger partial charge >= 0.3 is 5.97 Å². The van der Waals surface area contributed by atoms with Gasteiger partial charge < -0.3 is 20.4 Å². The second kappa shape index (κ2) is 12.0. The van der Waals surface area contributed by atoms with E-state index in [1.54, 1.807) is 6.92 Å². The van der Waals surface area contributed by atoms with E-state index >= 15 is 0 Å². The summed E-state index contributed by atoms with van der Waals surface area (Å²) in [6.45, 7) is 1.79. The van der Waals surface area contributed by atoms with Crippen molar-refractivity contribution >= 4 is 17.6 Å². The van der Waals surface area contributed by atoms with Gasteiger partial charge in [0.1, 0.15) is 0 Å². The number of carboxylic acids is 1. The minimum absolute atomic E-state index is 0.0218. The molecule has 0 spiro atoms. The summed E-state index contributed by atoms with van der Waals surface area (Å²) in [5, 5.41) is 39.4. The summed E-state index contributed by atoms with van der Waals surface area (Å²) < 4.78 is 0. The summed E-state index contributed by atoms with van der Waals surface area (Å²) >= 11 is 5.68. The molecule has 0 bridgehead atoms. The maximum Gasteiger partial charge on any atom is 0.303 e. The smallest absolute Gasteiger partial charge is 0.303 e. The average molecular weight is 391 g/mol. The molecule has 5 nitrogen and oxygen atoms in total. The van der Waals surface area contributed by atoms with Gasteiger partial charge in [-0.1, -0.05) is 31.4 Å². The quantitative estimate of drug-likeness (QED) is 0.219. The van der Waals surface area contributed by atoms with Gasteiger partial charge in [-0.15, -0.1) is 11.6 Å². The van der Waals surface area contributed by atoms with Crippen LogP contribution in [0.4, 0.5) is 0 Å². The molecule has 1 unspecified atom stereocenters. The molecule has 6 heteroatoms. The molecule has 0 aromatic carbocycles. The SMILES string of the molecule is CC(O)(CC=C[C@@H]1[C@@H](CCCCCCC(=O)O)[C@@H](O)C[C@H]1O)CCCCl. The van der Waals surface area contributed by atoms with E-state index in [4.69, 9.17) is 16.7 Å². The third-order valence-corrected chi connectivity index (χ3v) is 5.63. The number of unbranched alkanes of at least 4 members (excludes halogenated alkanes) is 3. The molecular formula is C20H35ClO5. The van der Waals surface area contributed by atoms with E-state index < -0.39 is 23.8 Å². The second-order valence-corrected chi connectivity index (χ2v) is 8.26. The molecule has 0 radical (unpaired) electrons. The van der Waals surface area contributed by atoms with Crippen molar-refractivity contribution in [1.29, 1.82) is 0 Å². The van der Waals surface area contributed by atoms with Crippen LogP contribution in [0, 0.1) is 11.8 Å². The van der Waals surface area contributed by atoms with Crippen LogP contribution in [0.25, 0.3) is 0 Å². The van der Waals surface area contributed by atoms with E-state index in [2.05, 4.69) is 0 Å². The molecule has 26 heavy (non-hydrogen) atoms. The zero-order valence-electron chi connectivity index (χ0n) is 15.8. The number of aliphatic hydroxyl groups excluding tert-OH is 2. The van der Waals surface area contributed by atoms with Crippen LogP contribution >= 0.6 is 11.6 Å². The van der Waals surface area contributed by atoms with Crippen molar-refractivity contribution in [3.63, 3.8) is 0 Å². The first kappa shape index (κ1) is 23.4. The highest BCUT2D eigenvalue weighted by atomic mass is 35.5. The first-order chi connectivity index (χ1) is 12.3. The lowest BCUT2D eigenvalue weighted by molar-refractivity contribution is -0.137. The second-order valence-electron chi connectivity index (χ2n) is 7.88. The van der Waals surface area contributed by atoms with E-state index in [1.807, 2.05) is 12.2 Å². The Morgan fingerprint density at radius 2 is 1.85 bits per heavy atom. The van der Waals surface area contributed by atoms with Crippen LogP contribution in [0.1, 0.15) is 71.1 Å². The first-order valence-electron chi connectivity index (χ1n) is 9.80. The largest absolute Gasteiger partial charge is 0.481 e. The fourth-order valence-corrected chi connectivity index (χ4v) is 3.95. The van der Waals surface area contributed by atoms with Crippen LogP contribution in [-0.4, -0.2) is 50.1 Å². The van der Waals surface area contributed by atoms with Crippen LogP contribution in [0.3, 0.4) is 0 Å². The van der Waals surface area contributed by atoms with Gasteiger partial charge in [0, 0.05) is 24.6 Å². The number of halogens is 1. The summed E-state index contributed by atoms with van der Waals surface area (Å²) in [6.07, 6.45) is 9.56. The highest BCUT2D eigenvalue weighted by molar-refractivity contribution is 6.17. The van der Waals surface area contributed by atoms with Gasteiger partial charge in [0.25, 0.3) is 0 Å². The number of carbonyl (C=O) groups is 1. The van der Waals surface area contributed by atoms with Gasteiger partial charge in [-0.05, 0) is 44.9 Å². The highest BCUT2D eigenvalue weighted by Crippen LogP contribution is 2.37. The Morgan fingerprint density at radius 3 is 2.50 bits per heavy atom. The molecule has 1 aliphatic carbocycles. The molecule has 1 aliphatic rings. The van der Waals surface area contributed by atoms with Crippen LogP contribution in [0.5, 0.6) is 0 Å². The zero-order valence-corrected chi connectivity index (χ0v) is 16.6. The number of carboxylic acid groups (broad SMARTS) is 1. The van der Waals surface area contributed by atoms with E-state index in [1.165, 1.54) is 0 Å². The molecule has 0 aromatic rings. The summed E-state index contributed by atoms with van der Waals surface area (Å²) in [5.41, 5.74) is -0.798. The number of aliphatic carboxylic acids is 1. The van der Waals surface area contributed by atoms with Gasteiger partial charge in [0.05, 0.1) is 17.8 Å². The van der Waals surface area contributed by atoms with Crippen molar-refractivity contribution < 1.29 is 25.2 Å². The monoisotopic (exact) mass is 390 g/mol. The minimum atomic E-state index is -0.798. The van der Waals surface area contributed by atoms with Gasteiger partial charge in [-0.2, -0.15) is 0 Å². The van der Waals surface area contributed by atoms with Crippen LogP contribution in [0.15, 0.2) is 12.2 Å². The minimum Gasteiger partial charge on any atom is -0.481 e. The number of hydrogen-bond acceptors (Lipinski definition) is 4. The molecule has 1 fully saturated rings. The number of aliphatic hydroxyl groups is 3. The van der Waals surface area contributed by atoms with Crippen molar-refractivity contribution in [2.45, 2.75) is 88.9 Å². The normalized spacial score (nSPS) is 28.5. The molecule has 0 amide bonds. The Hall–Kier alpha value is -0.620. The zero-order chi connectivity index (χ0) is 19.6. The fraction of sp³-hybridized carbons (Fsp3) is 0.850. The molecular weight excluding hydrogens is 356 g/mol. The lowest BCUT2D eigenvalue weighted by Gasteiger charge is -2.23. The first-order valence-corrected chi connectivity index (χ1v) is 10.3. The standard InChI is InChI=1S/C20H35ClO5/c1-20(26,12-7-13-21)11-6-9-16-15(17(22)14-18(16)23)8-4-2-3-5-10-19(24)25/h6,9,15-18,22-23,26H,2-5,7-8,10-14H2,1H3,(H,24,25)/t15-,16-,17+,18-,20?/m1/s1. The highest BCUT2D eigenvalue weighted by Gasteiger charge is 2.39. The molecule has 0 heterocycles. The van der Waals surface area contributed by atoms with Crippen molar-refractivity contribution in [2.75, 3.05) is 5.88 Å². The molecule has 0 aromatic heterocycles.